The lowest BCUT2D eigenvalue weighted by Gasteiger charge is -2.25. The molecule has 0 spiro atoms. The fraction of sp³-hybridized carbons (Fsp3) is 0.391. The van der Waals surface area contributed by atoms with Gasteiger partial charge in [-0.2, -0.15) is 4.98 Å². The van der Waals surface area contributed by atoms with Crippen LogP contribution < -0.4 is 15.8 Å². The van der Waals surface area contributed by atoms with Crippen LogP contribution >= 0.6 is 11.3 Å². The van der Waals surface area contributed by atoms with Gasteiger partial charge in [-0.3, -0.25) is 14.2 Å². The maximum absolute atomic E-state index is 13.2. The molecule has 0 saturated carbocycles. The van der Waals surface area contributed by atoms with Crippen molar-refractivity contribution in [3.63, 3.8) is 0 Å². The molecule has 0 unspecified atom stereocenters. The molecule has 2 atom stereocenters. The Balaban J connectivity index is 1.46. The molecule has 34 heavy (non-hydrogen) atoms. The molecule has 0 bridgehead atoms. The normalized spacial score (nSPS) is 16.8. The number of nitrogens with zero attached hydrogens (tertiary/aromatic N) is 6. The van der Waals surface area contributed by atoms with Gasteiger partial charge in [0.2, 0.25) is 11.7 Å². The molecule has 4 aromatic rings. The van der Waals surface area contributed by atoms with E-state index in [0.717, 1.165) is 18.4 Å². The number of anilines is 1. The summed E-state index contributed by atoms with van der Waals surface area (Å²) in [5, 5.41) is 7.55. The average molecular weight is 480 g/mol. The maximum Gasteiger partial charge on any atom is 0.294 e. The number of nitrogens with one attached hydrogen (secondary N) is 1. The van der Waals surface area contributed by atoms with Crippen LogP contribution in [0.15, 0.2) is 39.6 Å². The van der Waals surface area contributed by atoms with Crippen molar-refractivity contribution >= 4 is 32.7 Å². The highest BCUT2D eigenvalue weighted by atomic mass is 32.1. The summed E-state index contributed by atoms with van der Waals surface area (Å²) in [6.07, 6.45) is 1.59. The second-order valence-electron chi connectivity index (χ2n) is 8.27. The summed E-state index contributed by atoms with van der Waals surface area (Å²) >= 11 is 1.30. The van der Waals surface area contributed by atoms with E-state index in [1.54, 1.807) is 6.92 Å². The van der Waals surface area contributed by atoms with Gasteiger partial charge >= 0.3 is 0 Å². The van der Waals surface area contributed by atoms with Gasteiger partial charge in [-0.25, -0.2) is 9.97 Å². The summed E-state index contributed by atoms with van der Waals surface area (Å²) in [4.78, 5) is 42.3. The molecule has 1 amide bonds. The summed E-state index contributed by atoms with van der Waals surface area (Å²) in [5.74, 6) is 0.937. The number of hydrogen-bond donors (Lipinski definition) is 1. The molecule has 5 rings (SSSR count). The zero-order valence-electron chi connectivity index (χ0n) is 19.2. The Hall–Kier alpha value is -3.60. The number of fused-ring (bicyclic) bond motifs is 1. The first-order valence-electron chi connectivity index (χ1n) is 11.3. The molecule has 4 heterocycles. The SMILES string of the molecule is CCn1c(-c2nc(C)no2)nc2sc(N3CCC[C@@H]3C(=O)N[C@H](C)c3ccccc3)nc2c1=O. The van der Waals surface area contributed by atoms with Gasteiger partial charge in [-0.05, 0) is 39.2 Å². The standard InChI is InChI=1S/C23H25N7O3S/c1-4-29-18(20-25-14(3)28-33-20)27-21-17(22(29)32)26-23(34-21)30-12-8-11-16(30)19(31)24-13(2)15-9-6-5-7-10-15/h5-7,9-10,13,16H,4,8,11-12H2,1-3H3,(H,24,31)/t13-,16-/m1/s1. The lowest BCUT2D eigenvalue weighted by Crippen LogP contribution is -2.44. The van der Waals surface area contributed by atoms with E-state index in [9.17, 15) is 9.59 Å². The van der Waals surface area contributed by atoms with Crippen LogP contribution in [0.1, 0.15) is 44.1 Å². The van der Waals surface area contributed by atoms with Crippen LogP contribution in [0.5, 0.6) is 0 Å². The largest absolute Gasteiger partial charge is 0.348 e. The molecule has 11 heteroatoms. The third kappa shape index (κ3) is 3.96. The van der Waals surface area contributed by atoms with Gasteiger partial charge in [-0.1, -0.05) is 46.8 Å². The van der Waals surface area contributed by atoms with Crippen LogP contribution in [-0.4, -0.2) is 43.2 Å². The molecule has 0 radical (unpaired) electrons. The van der Waals surface area contributed by atoms with Crippen LogP contribution in [-0.2, 0) is 11.3 Å². The van der Waals surface area contributed by atoms with Gasteiger partial charge in [-0.15, -0.1) is 0 Å². The minimum absolute atomic E-state index is 0.0472. The Kier molecular flexibility index (Phi) is 5.86. The highest BCUT2D eigenvalue weighted by molar-refractivity contribution is 7.21. The van der Waals surface area contributed by atoms with Crippen LogP contribution in [0.25, 0.3) is 22.1 Å². The molecule has 1 fully saturated rings. The molecule has 3 aromatic heterocycles. The van der Waals surface area contributed by atoms with Gasteiger partial charge in [0.05, 0.1) is 6.04 Å². The van der Waals surface area contributed by atoms with Gasteiger partial charge in [0, 0.05) is 13.1 Å². The zero-order chi connectivity index (χ0) is 23.8. The number of aryl methyl sites for hydroxylation is 1. The van der Waals surface area contributed by atoms with E-state index in [0.29, 0.717) is 34.7 Å². The van der Waals surface area contributed by atoms with E-state index in [4.69, 9.17) is 4.52 Å². The van der Waals surface area contributed by atoms with Crippen LogP contribution in [0.2, 0.25) is 0 Å². The number of carbonyl (C=O) groups excluding carboxylic acids is 1. The Bertz CT molecular complexity index is 1390. The fourth-order valence-corrected chi connectivity index (χ4v) is 5.27. The van der Waals surface area contributed by atoms with Crippen LogP contribution in [0.3, 0.4) is 0 Å². The van der Waals surface area contributed by atoms with Gasteiger partial charge < -0.3 is 14.7 Å². The minimum atomic E-state index is -0.349. The molecule has 1 aliphatic heterocycles. The van der Waals surface area contributed by atoms with Crippen LogP contribution in [0.4, 0.5) is 5.13 Å². The molecular formula is C23H25N7O3S. The van der Waals surface area contributed by atoms with E-state index in [1.807, 2.05) is 49.1 Å². The summed E-state index contributed by atoms with van der Waals surface area (Å²) < 4.78 is 6.74. The predicted molar refractivity (Wildman–Crippen MR) is 129 cm³/mol. The number of thiazole rings is 1. The van der Waals surface area contributed by atoms with Crippen molar-refractivity contribution in [3.8, 4) is 11.7 Å². The Labute approximate surface area is 199 Å². The highest BCUT2D eigenvalue weighted by Crippen LogP contribution is 2.33. The maximum atomic E-state index is 13.2. The second-order valence-corrected chi connectivity index (χ2v) is 9.23. The molecule has 10 nitrogen and oxygen atoms in total. The fourth-order valence-electron chi connectivity index (χ4n) is 4.27. The predicted octanol–water partition coefficient (Wildman–Crippen LogP) is 3.08. The monoisotopic (exact) mass is 479 g/mol. The van der Waals surface area contributed by atoms with Gasteiger partial charge in [0.25, 0.3) is 11.4 Å². The molecule has 0 aliphatic carbocycles. The van der Waals surface area contributed by atoms with Crippen molar-refractivity contribution in [2.24, 2.45) is 0 Å². The van der Waals surface area contributed by atoms with Crippen molar-refractivity contribution in [2.45, 2.75) is 52.2 Å². The number of amides is 1. The average Bonchev–Trinajstić information content (AvgIpc) is 3.58. The van der Waals surface area contributed by atoms with E-state index < -0.39 is 0 Å². The first-order chi connectivity index (χ1) is 16.5. The molecule has 176 valence electrons. The molecule has 1 aromatic carbocycles. The van der Waals surface area contributed by atoms with Crippen molar-refractivity contribution in [2.75, 3.05) is 11.4 Å². The Morgan fingerprint density at radius 1 is 1.26 bits per heavy atom. The Morgan fingerprint density at radius 2 is 2.06 bits per heavy atom. The Morgan fingerprint density at radius 3 is 2.76 bits per heavy atom. The van der Waals surface area contributed by atoms with Gasteiger partial charge in [0.15, 0.2) is 21.3 Å². The summed E-state index contributed by atoms with van der Waals surface area (Å²) in [6.45, 7) is 6.61. The zero-order valence-corrected chi connectivity index (χ0v) is 20.0. The topological polar surface area (TPSA) is 119 Å². The lowest BCUT2D eigenvalue weighted by atomic mass is 10.1. The summed E-state index contributed by atoms with van der Waals surface area (Å²) in [6, 6.07) is 9.41. The number of hydrogen-bond acceptors (Lipinski definition) is 9. The van der Waals surface area contributed by atoms with Crippen molar-refractivity contribution < 1.29 is 9.32 Å². The summed E-state index contributed by atoms with van der Waals surface area (Å²) in [7, 11) is 0. The third-order valence-corrected chi connectivity index (χ3v) is 6.99. The highest BCUT2D eigenvalue weighted by Gasteiger charge is 2.34. The molecule has 1 N–H and O–H groups in total. The number of rotatable bonds is 6. The van der Waals surface area contributed by atoms with Crippen LogP contribution in [0, 0.1) is 6.92 Å². The smallest absolute Gasteiger partial charge is 0.294 e. The quantitative estimate of drug-likeness (QED) is 0.448. The van der Waals surface area contributed by atoms with E-state index in [1.165, 1.54) is 15.9 Å². The molecular weight excluding hydrogens is 454 g/mol. The third-order valence-electron chi connectivity index (χ3n) is 6.00. The first kappa shape index (κ1) is 22.2. The second kappa shape index (κ2) is 8.98. The van der Waals surface area contributed by atoms with E-state index >= 15 is 0 Å². The number of aromatic nitrogens is 5. The van der Waals surface area contributed by atoms with E-state index in [-0.39, 0.29) is 35.0 Å². The summed E-state index contributed by atoms with van der Waals surface area (Å²) in [5.41, 5.74) is 1.07. The van der Waals surface area contributed by atoms with E-state index in [2.05, 4.69) is 25.4 Å². The van der Waals surface area contributed by atoms with Gasteiger partial charge in [0.1, 0.15) is 6.04 Å². The first-order valence-corrected chi connectivity index (χ1v) is 12.1. The number of benzene rings is 1. The van der Waals surface area contributed by atoms with Crippen molar-refractivity contribution in [1.29, 1.82) is 0 Å². The van der Waals surface area contributed by atoms with Crippen molar-refractivity contribution in [3.05, 3.63) is 52.1 Å². The minimum Gasteiger partial charge on any atom is -0.348 e. The molecule has 1 aliphatic rings. The molecule has 1 saturated heterocycles. The number of carbonyl (C=O) groups is 1. The lowest BCUT2D eigenvalue weighted by molar-refractivity contribution is -0.122. The van der Waals surface area contributed by atoms with Crippen molar-refractivity contribution in [1.82, 2.24) is 30.0 Å².